The lowest BCUT2D eigenvalue weighted by atomic mass is 10.1. The van der Waals surface area contributed by atoms with Crippen LogP contribution < -0.4 is 5.56 Å². The number of aryl methyl sites for hydroxylation is 1. The fraction of sp³-hybridized carbons (Fsp3) is 0.233. The molecule has 0 N–H and O–H groups in total. The van der Waals surface area contributed by atoms with Crippen molar-refractivity contribution in [1.29, 1.82) is 0 Å². The van der Waals surface area contributed by atoms with E-state index in [-0.39, 0.29) is 23.1 Å². The van der Waals surface area contributed by atoms with Gasteiger partial charge in [0.05, 0.1) is 27.6 Å². The van der Waals surface area contributed by atoms with Crippen LogP contribution in [0.5, 0.6) is 0 Å². The minimum Gasteiger partial charge on any atom is -0.329 e. The van der Waals surface area contributed by atoms with E-state index in [2.05, 4.69) is 0 Å². The molecular formula is C30H29ClN4O4. The molecule has 0 bridgehead atoms. The van der Waals surface area contributed by atoms with Crippen LogP contribution in [0.15, 0.2) is 77.6 Å². The molecule has 1 atom stereocenters. The first-order valence-corrected chi connectivity index (χ1v) is 13.0. The molecule has 0 radical (unpaired) electrons. The van der Waals surface area contributed by atoms with Crippen molar-refractivity contribution >= 4 is 40.2 Å². The van der Waals surface area contributed by atoms with E-state index >= 15 is 0 Å². The molecule has 0 aliphatic heterocycles. The Labute approximate surface area is 231 Å². The number of hydrogen-bond donors (Lipinski definition) is 0. The van der Waals surface area contributed by atoms with Crippen molar-refractivity contribution in [2.75, 3.05) is 6.54 Å². The van der Waals surface area contributed by atoms with Crippen molar-refractivity contribution in [1.82, 2.24) is 14.5 Å². The van der Waals surface area contributed by atoms with Gasteiger partial charge in [0, 0.05) is 29.8 Å². The Kier molecular flexibility index (Phi) is 8.26. The molecule has 0 aliphatic rings. The van der Waals surface area contributed by atoms with Crippen molar-refractivity contribution in [3.05, 3.63) is 115 Å². The number of nitrogens with zero attached hydrogens (tertiary/aromatic N) is 4. The maximum Gasteiger partial charge on any atom is 0.269 e. The average molecular weight is 545 g/mol. The maximum absolute atomic E-state index is 13.8. The molecule has 1 amide bonds. The average Bonchev–Trinajstić information content (AvgIpc) is 2.90. The zero-order valence-corrected chi connectivity index (χ0v) is 22.9. The van der Waals surface area contributed by atoms with E-state index in [1.54, 1.807) is 64.1 Å². The number of aromatic nitrogens is 2. The number of amides is 1. The summed E-state index contributed by atoms with van der Waals surface area (Å²) < 4.78 is 1.57. The number of fused-ring (bicyclic) bond motifs is 1. The van der Waals surface area contributed by atoms with Crippen molar-refractivity contribution in [2.45, 2.75) is 33.7 Å². The number of halogens is 1. The minimum atomic E-state index is -0.561. The van der Waals surface area contributed by atoms with Crippen LogP contribution in [0.25, 0.3) is 22.7 Å². The van der Waals surface area contributed by atoms with Gasteiger partial charge >= 0.3 is 0 Å². The van der Waals surface area contributed by atoms with Crippen LogP contribution in [-0.4, -0.2) is 31.8 Å². The summed E-state index contributed by atoms with van der Waals surface area (Å²) in [5.41, 5.74) is 2.39. The molecule has 9 heteroatoms. The molecule has 1 aromatic heterocycles. The van der Waals surface area contributed by atoms with Crippen LogP contribution in [-0.2, 0) is 4.79 Å². The molecule has 0 spiro atoms. The smallest absolute Gasteiger partial charge is 0.269 e. The summed E-state index contributed by atoms with van der Waals surface area (Å²) in [7, 11) is 0. The molecule has 0 fully saturated rings. The van der Waals surface area contributed by atoms with Gasteiger partial charge in [-0.1, -0.05) is 37.6 Å². The fourth-order valence-corrected chi connectivity index (χ4v) is 4.70. The predicted molar refractivity (Wildman–Crippen MR) is 154 cm³/mol. The molecule has 0 aliphatic carbocycles. The minimum absolute atomic E-state index is 0.0219. The molecule has 8 nitrogen and oxygen atoms in total. The number of rotatable bonds is 8. The highest BCUT2D eigenvalue weighted by atomic mass is 35.5. The van der Waals surface area contributed by atoms with Crippen molar-refractivity contribution in [2.24, 2.45) is 5.92 Å². The SMILES string of the molecule is Cc1cc(Cl)ccc1-n1c(C(C)N(CC(C)C)C(=O)/C=C/c2ccc([N+](=O)[O-])cc2)nc2ccccc2c1=O. The van der Waals surface area contributed by atoms with E-state index in [0.29, 0.717) is 39.5 Å². The number of carbonyl (C=O) groups is 1. The first-order chi connectivity index (χ1) is 18.6. The highest BCUT2D eigenvalue weighted by Gasteiger charge is 2.27. The van der Waals surface area contributed by atoms with E-state index in [1.807, 2.05) is 33.8 Å². The topological polar surface area (TPSA) is 98.3 Å². The Hall–Kier alpha value is -4.30. The number of hydrogen-bond acceptors (Lipinski definition) is 5. The largest absolute Gasteiger partial charge is 0.329 e. The zero-order valence-electron chi connectivity index (χ0n) is 22.2. The number of benzene rings is 3. The Bertz CT molecular complexity index is 1630. The van der Waals surface area contributed by atoms with E-state index < -0.39 is 11.0 Å². The number of nitro benzene ring substituents is 1. The number of para-hydroxylation sites is 1. The van der Waals surface area contributed by atoms with E-state index in [9.17, 15) is 19.7 Å². The van der Waals surface area contributed by atoms with Gasteiger partial charge < -0.3 is 4.90 Å². The van der Waals surface area contributed by atoms with Gasteiger partial charge in [0.25, 0.3) is 11.2 Å². The van der Waals surface area contributed by atoms with E-state index in [0.717, 1.165) is 5.56 Å². The van der Waals surface area contributed by atoms with Gasteiger partial charge in [0.2, 0.25) is 5.91 Å². The van der Waals surface area contributed by atoms with Gasteiger partial charge in [-0.15, -0.1) is 0 Å². The predicted octanol–water partition coefficient (Wildman–Crippen LogP) is 6.51. The molecule has 1 unspecified atom stereocenters. The molecule has 4 aromatic rings. The second-order valence-corrected chi connectivity index (χ2v) is 10.2. The van der Waals surface area contributed by atoms with Gasteiger partial charge in [-0.3, -0.25) is 24.3 Å². The highest BCUT2D eigenvalue weighted by molar-refractivity contribution is 6.30. The van der Waals surface area contributed by atoms with E-state index in [1.165, 1.54) is 18.2 Å². The van der Waals surface area contributed by atoms with Crippen LogP contribution >= 0.6 is 11.6 Å². The van der Waals surface area contributed by atoms with Gasteiger partial charge in [-0.25, -0.2) is 4.98 Å². The molecule has 4 rings (SSSR count). The molecule has 0 saturated carbocycles. The lowest BCUT2D eigenvalue weighted by Gasteiger charge is -2.31. The maximum atomic E-state index is 13.8. The van der Waals surface area contributed by atoms with Crippen LogP contribution in [0, 0.1) is 23.0 Å². The number of nitro groups is 1. The zero-order chi connectivity index (χ0) is 28.3. The summed E-state index contributed by atoms with van der Waals surface area (Å²) in [6, 6.07) is 17.9. The summed E-state index contributed by atoms with van der Waals surface area (Å²) in [5, 5.41) is 12.0. The second kappa shape index (κ2) is 11.6. The first-order valence-electron chi connectivity index (χ1n) is 12.6. The molecule has 3 aromatic carbocycles. The molecule has 0 saturated heterocycles. The quantitative estimate of drug-likeness (QED) is 0.143. The van der Waals surface area contributed by atoms with Crippen LogP contribution in [0.1, 0.15) is 43.8 Å². The highest BCUT2D eigenvalue weighted by Crippen LogP contribution is 2.27. The summed E-state index contributed by atoms with van der Waals surface area (Å²) in [5.74, 6) is 0.306. The number of carbonyl (C=O) groups excluding carboxylic acids is 1. The molecular weight excluding hydrogens is 516 g/mol. The Morgan fingerprint density at radius 3 is 2.44 bits per heavy atom. The molecule has 39 heavy (non-hydrogen) atoms. The molecule has 1 heterocycles. The monoisotopic (exact) mass is 544 g/mol. The lowest BCUT2D eigenvalue weighted by Crippen LogP contribution is -2.38. The summed E-state index contributed by atoms with van der Waals surface area (Å²) >= 11 is 6.20. The second-order valence-electron chi connectivity index (χ2n) is 9.80. The van der Waals surface area contributed by atoms with Gasteiger partial charge in [0.15, 0.2) is 0 Å². The van der Waals surface area contributed by atoms with Crippen LogP contribution in [0.2, 0.25) is 5.02 Å². The first kappa shape index (κ1) is 27.7. The summed E-state index contributed by atoms with van der Waals surface area (Å²) in [4.78, 5) is 44.4. The Balaban J connectivity index is 1.81. The lowest BCUT2D eigenvalue weighted by molar-refractivity contribution is -0.384. The van der Waals surface area contributed by atoms with Gasteiger partial charge in [-0.05, 0) is 79.4 Å². The normalized spacial score (nSPS) is 12.3. The van der Waals surface area contributed by atoms with E-state index in [4.69, 9.17) is 16.6 Å². The third-order valence-electron chi connectivity index (χ3n) is 6.41. The van der Waals surface area contributed by atoms with Crippen molar-refractivity contribution in [3.63, 3.8) is 0 Å². The Morgan fingerprint density at radius 1 is 1.10 bits per heavy atom. The van der Waals surface area contributed by atoms with Gasteiger partial charge in [-0.2, -0.15) is 0 Å². The van der Waals surface area contributed by atoms with Gasteiger partial charge in [0.1, 0.15) is 5.82 Å². The summed E-state index contributed by atoms with van der Waals surface area (Å²) in [6.45, 7) is 8.18. The third kappa shape index (κ3) is 6.07. The third-order valence-corrected chi connectivity index (χ3v) is 6.64. The fourth-order valence-electron chi connectivity index (χ4n) is 4.47. The van der Waals surface area contributed by atoms with Crippen LogP contribution in [0.3, 0.4) is 0 Å². The van der Waals surface area contributed by atoms with Crippen molar-refractivity contribution in [3.8, 4) is 5.69 Å². The van der Waals surface area contributed by atoms with Crippen molar-refractivity contribution < 1.29 is 9.72 Å². The standard InChI is InChI=1S/C30H29ClN4O4/c1-19(2)18-33(28(36)16-11-22-9-13-24(14-10-22)35(38)39)21(4)29-32-26-8-6-5-7-25(26)30(37)34(29)27-15-12-23(31)17-20(27)3/h5-17,19,21H,18H2,1-4H3/b16-11+. The summed E-state index contributed by atoms with van der Waals surface area (Å²) in [6.07, 6.45) is 3.06. The van der Waals surface area contributed by atoms with Crippen LogP contribution in [0.4, 0.5) is 5.69 Å². The molecule has 200 valence electrons. The number of non-ortho nitro benzene ring substituents is 1. The Morgan fingerprint density at radius 2 is 1.79 bits per heavy atom.